The molecule has 0 aromatic rings. The van der Waals surface area contributed by atoms with Crippen LogP contribution in [-0.4, -0.2) is 27.8 Å². The molecule has 0 aliphatic carbocycles. The molecule has 0 radical (unpaired) electrons. The molecule has 4 nitrogen and oxygen atoms in total. The number of hydrogen-bond acceptors (Lipinski definition) is 4. The van der Waals surface area contributed by atoms with Crippen LogP contribution in [0.5, 0.6) is 0 Å². The van der Waals surface area contributed by atoms with Crippen molar-refractivity contribution in [2.45, 2.75) is 116 Å². The Morgan fingerprint density at radius 1 is 0.577 bits per heavy atom. The quantitative estimate of drug-likeness (QED) is 0.339. The first-order valence-corrected chi connectivity index (χ1v) is 15.6. The van der Waals surface area contributed by atoms with E-state index in [4.69, 9.17) is 8.85 Å². The molecule has 0 bridgehead atoms. The normalized spacial score (nSPS) is 17.0. The Morgan fingerprint density at radius 2 is 0.808 bits per heavy atom. The first kappa shape index (κ1) is 25.3. The second kappa shape index (κ2) is 10.6. The van der Waals surface area contributed by atoms with Crippen LogP contribution in [-0.2, 0) is 8.85 Å². The topological polar surface area (TPSA) is 66.0 Å². The van der Waals surface area contributed by atoms with Crippen molar-refractivity contribution >= 4 is 16.6 Å². The Kier molecular flexibility index (Phi) is 10.3. The molecule has 0 aromatic heterocycles. The molecular formula is C20H40N2O2Si2. The summed E-state index contributed by atoms with van der Waals surface area (Å²) in [6.45, 7) is 16.8. The summed E-state index contributed by atoms with van der Waals surface area (Å²) in [6.07, 6.45) is 0.947. The molecule has 6 heteroatoms. The SMILES string of the molecule is CCC(C#N)(O[Si](CC)(CC)CC)C(C#N)(CC)O[Si](CC)(CC)CC. The predicted molar refractivity (Wildman–Crippen MR) is 114 cm³/mol. The Labute approximate surface area is 164 Å². The molecule has 0 heterocycles. The highest BCUT2D eigenvalue weighted by Gasteiger charge is 2.58. The van der Waals surface area contributed by atoms with Gasteiger partial charge in [-0.3, -0.25) is 0 Å². The summed E-state index contributed by atoms with van der Waals surface area (Å²) in [5.41, 5.74) is -2.38. The van der Waals surface area contributed by atoms with Crippen LogP contribution in [0.4, 0.5) is 0 Å². The number of hydrogen-bond donors (Lipinski definition) is 0. The zero-order valence-electron chi connectivity index (χ0n) is 18.4. The first-order chi connectivity index (χ1) is 12.3. The van der Waals surface area contributed by atoms with Crippen molar-refractivity contribution in [3.63, 3.8) is 0 Å². The maximum Gasteiger partial charge on any atom is 0.194 e. The Bertz CT molecular complexity index is 444. The fourth-order valence-corrected chi connectivity index (χ4v) is 9.99. The van der Waals surface area contributed by atoms with Gasteiger partial charge in [0.05, 0.1) is 0 Å². The lowest BCUT2D eigenvalue weighted by Gasteiger charge is -2.49. The van der Waals surface area contributed by atoms with Crippen molar-refractivity contribution in [2.24, 2.45) is 0 Å². The highest BCUT2D eigenvalue weighted by Crippen LogP contribution is 2.43. The third-order valence-corrected chi connectivity index (χ3v) is 16.0. The van der Waals surface area contributed by atoms with Crippen LogP contribution in [0.1, 0.15) is 68.2 Å². The molecule has 0 fully saturated rings. The molecular weight excluding hydrogens is 356 g/mol. The van der Waals surface area contributed by atoms with Gasteiger partial charge in [-0.2, -0.15) is 10.5 Å². The summed E-state index contributed by atoms with van der Waals surface area (Å²) < 4.78 is 13.5. The van der Waals surface area contributed by atoms with Gasteiger partial charge in [0.2, 0.25) is 0 Å². The van der Waals surface area contributed by atoms with Gasteiger partial charge in [-0.05, 0) is 49.1 Å². The minimum atomic E-state index is -2.08. The molecule has 0 rings (SSSR count). The van der Waals surface area contributed by atoms with E-state index >= 15 is 0 Å². The zero-order chi connectivity index (χ0) is 20.5. The lowest BCUT2D eigenvalue weighted by molar-refractivity contribution is -0.0652. The van der Waals surface area contributed by atoms with Crippen molar-refractivity contribution in [3.8, 4) is 12.1 Å². The van der Waals surface area contributed by atoms with Crippen LogP contribution in [0.15, 0.2) is 0 Å². The van der Waals surface area contributed by atoms with Gasteiger partial charge < -0.3 is 8.85 Å². The maximum atomic E-state index is 10.3. The second-order valence-electron chi connectivity index (χ2n) is 7.28. The molecule has 0 N–H and O–H groups in total. The lowest BCUT2D eigenvalue weighted by Crippen LogP contribution is -2.63. The third kappa shape index (κ3) is 4.59. The monoisotopic (exact) mass is 396 g/mol. The average molecular weight is 397 g/mol. The van der Waals surface area contributed by atoms with Crippen LogP contribution in [0, 0.1) is 22.7 Å². The number of nitrogens with zero attached hydrogens (tertiary/aromatic N) is 2. The highest BCUT2D eigenvalue weighted by atomic mass is 28.4. The van der Waals surface area contributed by atoms with Crippen molar-refractivity contribution < 1.29 is 8.85 Å². The molecule has 0 aliphatic rings. The molecule has 26 heavy (non-hydrogen) atoms. The van der Waals surface area contributed by atoms with E-state index in [9.17, 15) is 10.5 Å². The van der Waals surface area contributed by atoms with Gasteiger partial charge in [-0.15, -0.1) is 0 Å². The largest absolute Gasteiger partial charge is 0.396 e. The molecule has 150 valence electrons. The van der Waals surface area contributed by atoms with E-state index in [0.29, 0.717) is 12.8 Å². The molecule has 0 saturated heterocycles. The second-order valence-corrected chi connectivity index (χ2v) is 16.7. The third-order valence-electron chi connectivity index (χ3n) is 6.66. The fourth-order valence-electron chi connectivity index (χ4n) is 3.94. The van der Waals surface area contributed by atoms with E-state index in [0.717, 1.165) is 36.3 Å². The number of nitriles is 2. The van der Waals surface area contributed by atoms with Crippen LogP contribution in [0.3, 0.4) is 0 Å². The van der Waals surface area contributed by atoms with Crippen molar-refractivity contribution in [1.29, 1.82) is 10.5 Å². The van der Waals surface area contributed by atoms with E-state index in [-0.39, 0.29) is 0 Å². The fraction of sp³-hybridized carbons (Fsp3) is 0.900. The summed E-state index contributed by atoms with van der Waals surface area (Å²) in [5.74, 6) is 0. The maximum absolute atomic E-state index is 10.3. The average Bonchev–Trinajstić information content (AvgIpc) is 2.72. The van der Waals surface area contributed by atoms with Gasteiger partial charge >= 0.3 is 0 Å². The van der Waals surface area contributed by atoms with E-state index in [1.807, 2.05) is 13.8 Å². The Morgan fingerprint density at radius 3 is 0.923 bits per heavy atom. The number of rotatable bonds is 13. The minimum absolute atomic E-state index is 0.473. The molecule has 2 unspecified atom stereocenters. The summed E-state index contributed by atoms with van der Waals surface area (Å²) in [7, 11) is -4.16. The van der Waals surface area contributed by atoms with Crippen molar-refractivity contribution in [3.05, 3.63) is 0 Å². The summed E-state index contributed by atoms with van der Waals surface area (Å²) in [5, 5.41) is 20.5. The van der Waals surface area contributed by atoms with E-state index in [1.165, 1.54) is 0 Å². The van der Waals surface area contributed by atoms with E-state index in [1.54, 1.807) is 0 Å². The van der Waals surface area contributed by atoms with Crippen LogP contribution in [0.25, 0.3) is 0 Å². The van der Waals surface area contributed by atoms with Crippen molar-refractivity contribution in [1.82, 2.24) is 0 Å². The smallest absolute Gasteiger partial charge is 0.194 e. The summed E-state index contributed by atoms with van der Waals surface area (Å²) in [6, 6.07) is 10.6. The van der Waals surface area contributed by atoms with E-state index < -0.39 is 27.8 Å². The predicted octanol–water partition coefficient (Wildman–Crippen LogP) is 6.37. The van der Waals surface area contributed by atoms with Gasteiger partial charge in [-0.1, -0.05) is 55.4 Å². The van der Waals surface area contributed by atoms with Crippen LogP contribution < -0.4 is 0 Å². The molecule has 0 amide bonds. The summed E-state index contributed by atoms with van der Waals surface area (Å²) in [4.78, 5) is 0. The van der Waals surface area contributed by atoms with Gasteiger partial charge in [0.1, 0.15) is 12.1 Å². The molecule has 0 saturated carbocycles. The minimum Gasteiger partial charge on any atom is -0.396 e. The standard InChI is InChI=1S/C20H40N2O2Si2/c1-9-19(17-21,23-25(11-3,12-4)13-5)20(10-2,18-22)24-26(14-6,15-7)16-8/h9-16H2,1-8H3. The Balaban J connectivity index is 6.40. The van der Waals surface area contributed by atoms with Crippen molar-refractivity contribution in [2.75, 3.05) is 0 Å². The zero-order valence-corrected chi connectivity index (χ0v) is 20.4. The lowest BCUT2D eigenvalue weighted by atomic mass is 9.81. The first-order valence-electron chi connectivity index (χ1n) is 10.5. The summed E-state index contributed by atoms with van der Waals surface area (Å²) >= 11 is 0. The van der Waals surface area contributed by atoms with Gasteiger partial charge in [0.15, 0.2) is 27.8 Å². The molecule has 2 atom stereocenters. The van der Waals surface area contributed by atoms with Crippen LogP contribution >= 0.6 is 0 Å². The van der Waals surface area contributed by atoms with Gasteiger partial charge in [0.25, 0.3) is 0 Å². The van der Waals surface area contributed by atoms with Gasteiger partial charge in [-0.25, -0.2) is 0 Å². The highest BCUT2D eigenvalue weighted by molar-refractivity contribution is 6.74. The van der Waals surface area contributed by atoms with Gasteiger partial charge in [0, 0.05) is 0 Å². The van der Waals surface area contributed by atoms with E-state index in [2.05, 4.69) is 53.7 Å². The molecule has 0 aromatic carbocycles. The molecule has 0 spiro atoms. The van der Waals surface area contributed by atoms with Crippen LogP contribution in [0.2, 0.25) is 36.3 Å². The Hall–Kier alpha value is -0.666. The molecule has 0 aliphatic heterocycles.